The maximum atomic E-state index is 13.2. The molecule has 30 heavy (non-hydrogen) atoms. The quantitative estimate of drug-likeness (QED) is 0.354. The highest BCUT2D eigenvalue weighted by atomic mass is 28.4. The van der Waals surface area contributed by atoms with E-state index in [4.69, 9.17) is 13.8 Å². The van der Waals surface area contributed by atoms with Gasteiger partial charge in [-0.25, -0.2) is 4.98 Å². The second-order valence-electron chi connectivity index (χ2n) is 8.66. The van der Waals surface area contributed by atoms with Crippen molar-refractivity contribution in [3.8, 4) is 0 Å². The van der Waals surface area contributed by atoms with Crippen molar-refractivity contribution in [3.05, 3.63) is 47.5 Å². The van der Waals surface area contributed by atoms with Crippen LogP contribution in [0.4, 0.5) is 5.88 Å². The summed E-state index contributed by atoms with van der Waals surface area (Å²) >= 11 is 0. The molecule has 6 heteroatoms. The van der Waals surface area contributed by atoms with E-state index in [0.717, 1.165) is 43.8 Å². The van der Waals surface area contributed by atoms with Gasteiger partial charge >= 0.3 is 0 Å². The van der Waals surface area contributed by atoms with Crippen LogP contribution in [0.3, 0.4) is 0 Å². The van der Waals surface area contributed by atoms with Crippen LogP contribution < -0.4 is 4.90 Å². The summed E-state index contributed by atoms with van der Waals surface area (Å²) in [4.78, 5) is 19.9. The average molecular weight is 429 g/mol. The van der Waals surface area contributed by atoms with Crippen LogP contribution in [-0.2, 0) is 10.0 Å². The number of hydrogen-bond acceptors (Lipinski definition) is 5. The predicted molar refractivity (Wildman–Crippen MR) is 124 cm³/mol. The Hall–Kier alpha value is -1.92. The molecular weight excluding hydrogens is 392 g/mol. The zero-order valence-corrected chi connectivity index (χ0v) is 20.2. The van der Waals surface area contributed by atoms with Crippen molar-refractivity contribution in [2.75, 3.05) is 19.0 Å². The number of nitrogens with zero attached hydrogens (tertiary/aromatic N) is 2. The lowest BCUT2D eigenvalue weighted by molar-refractivity contribution is -0.00942. The first-order valence-corrected chi connectivity index (χ1v) is 13.9. The molecule has 0 bridgehead atoms. The number of carbonyl (C=O) groups excluding carboxylic acids is 1. The number of anilines is 1. The minimum atomic E-state index is -1.88. The summed E-state index contributed by atoms with van der Waals surface area (Å²) < 4.78 is 13.4. The number of ketones is 1. The van der Waals surface area contributed by atoms with Gasteiger partial charge in [-0.1, -0.05) is 70.4 Å². The number of carbonyl (C=O) groups is 1. The van der Waals surface area contributed by atoms with Gasteiger partial charge in [0.25, 0.3) is 0 Å². The number of oxazole rings is 1. The highest BCUT2D eigenvalue weighted by molar-refractivity contribution is 6.73. The molecule has 3 rings (SSSR count). The summed E-state index contributed by atoms with van der Waals surface area (Å²) in [6.07, 6.45) is 5.23. The van der Waals surface area contributed by atoms with E-state index in [-0.39, 0.29) is 5.78 Å². The zero-order valence-electron chi connectivity index (χ0n) is 19.2. The third-order valence-electron chi connectivity index (χ3n) is 6.66. The van der Waals surface area contributed by atoms with Gasteiger partial charge in [0.2, 0.25) is 17.6 Å². The largest absolute Gasteiger partial charge is 0.421 e. The lowest BCUT2D eigenvalue weighted by Crippen LogP contribution is -2.47. The van der Waals surface area contributed by atoms with Crippen molar-refractivity contribution in [2.45, 2.75) is 76.6 Å². The normalized spacial score (nSPS) is 16.4. The van der Waals surface area contributed by atoms with Gasteiger partial charge in [0, 0.05) is 19.7 Å². The minimum Gasteiger partial charge on any atom is -0.421 e. The molecule has 0 spiro atoms. The molecule has 0 radical (unpaired) electrons. The van der Waals surface area contributed by atoms with Crippen LogP contribution in [0, 0.1) is 0 Å². The van der Waals surface area contributed by atoms with Crippen molar-refractivity contribution in [2.24, 2.45) is 0 Å². The number of benzene rings is 1. The van der Waals surface area contributed by atoms with Gasteiger partial charge in [-0.05, 0) is 31.0 Å². The molecule has 0 N–H and O–H groups in total. The predicted octanol–water partition coefficient (Wildman–Crippen LogP) is 6.15. The van der Waals surface area contributed by atoms with E-state index < -0.39 is 13.9 Å². The molecule has 0 aliphatic heterocycles. The van der Waals surface area contributed by atoms with E-state index in [2.05, 4.69) is 20.8 Å². The van der Waals surface area contributed by atoms with Crippen LogP contribution in [0.1, 0.15) is 74.8 Å². The number of aromatic nitrogens is 1. The van der Waals surface area contributed by atoms with Gasteiger partial charge in [0.05, 0.1) is 0 Å². The molecule has 1 heterocycles. The standard InChI is InChI=1S/C24H36N2O3Si/c1-6-30(7-2,8-3)29-24(17-13-10-14-18-24)23-25-20(22(28-23)26(4)5)21(27)19-15-11-9-12-16-19/h9,11-12,15-16H,6-8,10,13-14,17-18H2,1-5H3. The molecule has 1 aromatic carbocycles. The van der Waals surface area contributed by atoms with Crippen LogP contribution in [-0.4, -0.2) is 33.2 Å². The summed E-state index contributed by atoms with van der Waals surface area (Å²) in [5.74, 6) is 1.01. The Morgan fingerprint density at radius 3 is 2.20 bits per heavy atom. The molecular formula is C24H36N2O3Si. The summed E-state index contributed by atoms with van der Waals surface area (Å²) in [6.45, 7) is 6.75. The fourth-order valence-corrected chi connectivity index (χ4v) is 7.60. The van der Waals surface area contributed by atoms with E-state index in [9.17, 15) is 4.79 Å². The van der Waals surface area contributed by atoms with Crippen molar-refractivity contribution in [1.29, 1.82) is 0 Å². The second-order valence-corrected chi connectivity index (χ2v) is 13.4. The first-order valence-electron chi connectivity index (χ1n) is 11.4. The molecule has 2 aromatic rings. The van der Waals surface area contributed by atoms with Crippen molar-refractivity contribution < 1.29 is 13.6 Å². The van der Waals surface area contributed by atoms with Gasteiger partial charge in [-0.15, -0.1) is 0 Å². The van der Waals surface area contributed by atoms with E-state index in [1.165, 1.54) is 6.42 Å². The lowest BCUT2D eigenvalue weighted by Gasteiger charge is -2.42. The molecule has 1 fully saturated rings. The maximum Gasteiger partial charge on any atom is 0.228 e. The molecule has 1 aromatic heterocycles. The highest BCUT2D eigenvalue weighted by Gasteiger charge is 2.47. The first kappa shape index (κ1) is 22.8. The van der Waals surface area contributed by atoms with E-state index in [1.54, 1.807) is 0 Å². The third-order valence-corrected chi connectivity index (χ3v) is 11.4. The molecule has 5 nitrogen and oxygen atoms in total. The van der Waals surface area contributed by atoms with Crippen LogP contribution >= 0.6 is 0 Å². The third kappa shape index (κ3) is 4.40. The molecule has 0 unspecified atom stereocenters. The summed E-state index contributed by atoms with van der Waals surface area (Å²) in [5, 5.41) is 0. The van der Waals surface area contributed by atoms with Gasteiger partial charge in [0.15, 0.2) is 14.0 Å². The number of hydrogen-bond donors (Lipinski definition) is 0. The SMILES string of the molecule is CC[Si](CC)(CC)OC1(c2nc(C(=O)c3ccccc3)c(N(C)C)o2)CCCCC1. The van der Waals surface area contributed by atoms with Crippen LogP contribution in [0.15, 0.2) is 34.7 Å². The van der Waals surface area contributed by atoms with Crippen LogP contribution in [0.5, 0.6) is 0 Å². The fourth-order valence-electron chi connectivity index (χ4n) is 4.55. The van der Waals surface area contributed by atoms with E-state index >= 15 is 0 Å². The summed E-state index contributed by atoms with van der Waals surface area (Å²) in [5.41, 5.74) is 0.497. The Morgan fingerprint density at radius 1 is 1.07 bits per heavy atom. The number of rotatable bonds is 9. The fraction of sp³-hybridized carbons (Fsp3) is 0.583. The zero-order chi connectivity index (χ0) is 21.8. The Bertz CT molecular complexity index is 829. The Balaban J connectivity index is 2.07. The maximum absolute atomic E-state index is 13.2. The Morgan fingerprint density at radius 2 is 1.67 bits per heavy atom. The Kier molecular flexibility index (Phi) is 7.19. The van der Waals surface area contributed by atoms with Gasteiger partial charge in [0.1, 0.15) is 5.60 Å². The van der Waals surface area contributed by atoms with Crippen LogP contribution in [0.2, 0.25) is 18.1 Å². The van der Waals surface area contributed by atoms with Crippen LogP contribution in [0.25, 0.3) is 0 Å². The molecule has 1 aliphatic rings. The van der Waals surface area contributed by atoms with Gasteiger partial charge < -0.3 is 13.7 Å². The molecule has 1 saturated carbocycles. The van der Waals surface area contributed by atoms with Gasteiger partial charge in [-0.3, -0.25) is 4.79 Å². The van der Waals surface area contributed by atoms with Crippen molar-refractivity contribution >= 4 is 20.0 Å². The monoisotopic (exact) mass is 428 g/mol. The molecule has 1 aliphatic carbocycles. The van der Waals surface area contributed by atoms with E-state index in [0.29, 0.717) is 23.0 Å². The van der Waals surface area contributed by atoms with Crippen molar-refractivity contribution in [3.63, 3.8) is 0 Å². The molecule has 0 saturated heterocycles. The van der Waals surface area contributed by atoms with E-state index in [1.807, 2.05) is 49.3 Å². The first-order chi connectivity index (χ1) is 14.4. The van der Waals surface area contributed by atoms with Crippen molar-refractivity contribution in [1.82, 2.24) is 4.98 Å². The lowest BCUT2D eigenvalue weighted by atomic mass is 9.85. The molecule has 0 amide bonds. The Labute approximate surface area is 182 Å². The van der Waals surface area contributed by atoms with Gasteiger partial charge in [-0.2, -0.15) is 0 Å². The molecule has 0 atom stereocenters. The minimum absolute atomic E-state index is 0.106. The second kappa shape index (κ2) is 9.48. The topological polar surface area (TPSA) is 55.6 Å². The summed E-state index contributed by atoms with van der Waals surface area (Å²) in [7, 11) is 1.90. The molecule has 164 valence electrons. The highest BCUT2D eigenvalue weighted by Crippen LogP contribution is 2.45. The average Bonchev–Trinajstić information content (AvgIpc) is 3.25. The smallest absolute Gasteiger partial charge is 0.228 e. The summed E-state index contributed by atoms with van der Waals surface area (Å²) in [6, 6.07) is 12.6.